The number of aliphatic hydroxyl groups is 1. The maximum atomic E-state index is 9.90. The van der Waals surface area contributed by atoms with Crippen LogP contribution in [0.4, 0.5) is 5.82 Å². The monoisotopic (exact) mass is 485 g/mol. The molecule has 3 fully saturated rings. The molecule has 5 atom stereocenters. The van der Waals surface area contributed by atoms with Crippen LogP contribution in [0.2, 0.25) is 0 Å². The molecular weight excluding hydrogens is 458 g/mol. The summed E-state index contributed by atoms with van der Waals surface area (Å²) < 4.78 is 13.8. The highest BCUT2D eigenvalue weighted by molar-refractivity contribution is 7.98. The van der Waals surface area contributed by atoms with Crippen LogP contribution in [0.5, 0.6) is 0 Å². The van der Waals surface area contributed by atoms with Crippen LogP contribution in [0.25, 0.3) is 20.8 Å². The lowest BCUT2D eigenvalue weighted by Crippen LogP contribution is -2.40. The Morgan fingerprint density at radius 2 is 2.06 bits per heavy atom. The first-order valence-corrected chi connectivity index (χ1v) is 13.2. The lowest BCUT2D eigenvalue weighted by atomic mass is 10.0. The minimum atomic E-state index is -0.667. The van der Waals surface area contributed by atoms with Crippen LogP contribution in [0.1, 0.15) is 31.7 Å². The molecule has 10 heteroatoms. The van der Waals surface area contributed by atoms with Crippen molar-refractivity contribution in [3.8, 4) is 10.6 Å². The van der Waals surface area contributed by atoms with Gasteiger partial charge in [-0.3, -0.25) is 4.98 Å². The number of hydrogen-bond acceptors (Lipinski definition) is 10. The van der Waals surface area contributed by atoms with Gasteiger partial charge in [0.05, 0.1) is 27.7 Å². The van der Waals surface area contributed by atoms with E-state index in [1.807, 2.05) is 46.2 Å². The van der Waals surface area contributed by atoms with Crippen LogP contribution in [0.15, 0.2) is 17.4 Å². The molecule has 3 aliphatic rings. The van der Waals surface area contributed by atoms with E-state index in [-0.39, 0.29) is 30.6 Å². The molecule has 0 radical (unpaired) electrons. The Balaban J connectivity index is 1.40. The molecule has 174 valence electrons. The minimum absolute atomic E-state index is 0.0279. The second kappa shape index (κ2) is 7.32. The predicted molar refractivity (Wildman–Crippen MR) is 129 cm³/mol. The van der Waals surface area contributed by atoms with E-state index in [0.29, 0.717) is 5.16 Å². The van der Waals surface area contributed by atoms with Crippen molar-refractivity contribution >= 4 is 39.1 Å². The van der Waals surface area contributed by atoms with Gasteiger partial charge in [0.25, 0.3) is 0 Å². The van der Waals surface area contributed by atoms with E-state index < -0.39 is 11.4 Å². The molecule has 4 heterocycles. The van der Waals surface area contributed by atoms with E-state index in [1.165, 1.54) is 11.8 Å². The highest BCUT2D eigenvalue weighted by Crippen LogP contribution is 2.69. The Morgan fingerprint density at radius 1 is 1.24 bits per heavy atom. The quantitative estimate of drug-likeness (QED) is 0.413. The fourth-order valence-corrected chi connectivity index (χ4v) is 7.34. The SMILES string of the molecule is CSc1nc(C)c(-c2nc3c(C)nccc3s2)c(NC2CC3C(CO)C34OC(C)(C)OC24)n1. The van der Waals surface area contributed by atoms with Gasteiger partial charge >= 0.3 is 0 Å². The van der Waals surface area contributed by atoms with Crippen molar-refractivity contribution in [1.29, 1.82) is 0 Å². The normalized spacial score (nSPS) is 31.6. The van der Waals surface area contributed by atoms with Crippen molar-refractivity contribution in [3.63, 3.8) is 0 Å². The fourth-order valence-electron chi connectivity index (χ4n) is 5.82. The van der Waals surface area contributed by atoms with Gasteiger partial charge in [-0.2, -0.15) is 0 Å². The van der Waals surface area contributed by atoms with Gasteiger partial charge in [-0.25, -0.2) is 15.0 Å². The molecule has 2 aliphatic carbocycles. The average Bonchev–Trinajstić information content (AvgIpc) is 3.04. The van der Waals surface area contributed by atoms with Crippen LogP contribution in [0.3, 0.4) is 0 Å². The predicted octanol–water partition coefficient (Wildman–Crippen LogP) is 3.80. The number of anilines is 1. The number of nitrogens with one attached hydrogen (secondary N) is 1. The van der Waals surface area contributed by atoms with Crippen molar-refractivity contribution in [1.82, 2.24) is 19.9 Å². The molecule has 3 aromatic heterocycles. The van der Waals surface area contributed by atoms with Gasteiger partial charge in [0.15, 0.2) is 10.9 Å². The molecule has 33 heavy (non-hydrogen) atoms. The summed E-state index contributed by atoms with van der Waals surface area (Å²) in [5.41, 5.74) is 3.23. The zero-order valence-electron chi connectivity index (χ0n) is 19.2. The number of fused-ring (bicyclic) bond motifs is 1. The van der Waals surface area contributed by atoms with Crippen LogP contribution in [-0.4, -0.2) is 61.4 Å². The zero-order chi connectivity index (χ0) is 23.1. The number of thioether (sulfide) groups is 1. The van der Waals surface area contributed by atoms with E-state index in [4.69, 9.17) is 24.4 Å². The van der Waals surface area contributed by atoms with E-state index in [1.54, 1.807) is 11.3 Å². The van der Waals surface area contributed by atoms with Gasteiger partial charge in [0, 0.05) is 24.6 Å². The molecule has 0 aromatic carbocycles. The van der Waals surface area contributed by atoms with Crippen molar-refractivity contribution in [2.24, 2.45) is 11.8 Å². The molecule has 0 bridgehead atoms. The number of nitrogens with zero attached hydrogens (tertiary/aromatic N) is 4. The number of hydrogen-bond donors (Lipinski definition) is 2. The molecule has 2 N–H and O–H groups in total. The maximum Gasteiger partial charge on any atom is 0.189 e. The Labute approximate surface area is 200 Å². The minimum Gasteiger partial charge on any atom is -0.396 e. The first kappa shape index (κ1) is 21.7. The van der Waals surface area contributed by atoms with Gasteiger partial charge in [-0.15, -0.1) is 11.3 Å². The molecule has 1 spiro atoms. The third-order valence-corrected chi connectivity index (χ3v) is 8.75. The topological polar surface area (TPSA) is 102 Å². The number of thiazole rings is 1. The number of ether oxygens (including phenoxy) is 2. The molecule has 6 rings (SSSR count). The van der Waals surface area contributed by atoms with Crippen molar-refractivity contribution < 1.29 is 14.6 Å². The van der Waals surface area contributed by atoms with E-state index >= 15 is 0 Å². The largest absolute Gasteiger partial charge is 0.396 e. The van der Waals surface area contributed by atoms with Crippen LogP contribution >= 0.6 is 23.1 Å². The molecule has 1 saturated heterocycles. The summed E-state index contributed by atoms with van der Waals surface area (Å²) in [4.78, 5) is 18.9. The molecule has 5 unspecified atom stereocenters. The third kappa shape index (κ3) is 3.15. The lowest BCUT2D eigenvalue weighted by molar-refractivity contribution is -0.156. The van der Waals surface area contributed by atoms with Crippen molar-refractivity contribution in [2.75, 3.05) is 18.2 Å². The summed E-state index contributed by atoms with van der Waals surface area (Å²) in [6.07, 6.45) is 4.52. The second-order valence-corrected chi connectivity index (χ2v) is 11.4. The highest BCUT2D eigenvalue weighted by atomic mass is 32.2. The standard InChI is InChI=1S/C23H27N5O3S2/c1-10-16(20-27-17-11(2)24-7-6-15(17)33-20)19(28-21(25-10)32-5)26-14-8-12-13(9-29)23(12)18(14)30-22(3,4)31-23/h6-7,12-14,18,29H,8-9H2,1-5H3,(H,25,26,28). The van der Waals surface area contributed by atoms with Crippen LogP contribution in [-0.2, 0) is 9.47 Å². The number of aryl methyl sites for hydroxylation is 2. The van der Waals surface area contributed by atoms with E-state index in [0.717, 1.165) is 44.4 Å². The van der Waals surface area contributed by atoms with Crippen LogP contribution < -0.4 is 5.32 Å². The molecule has 1 aliphatic heterocycles. The highest BCUT2D eigenvalue weighted by Gasteiger charge is 2.80. The molecule has 3 aromatic rings. The molecule has 2 saturated carbocycles. The second-order valence-electron chi connectivity index (χ2n) is 9.56. The lowest BCUT2D eigenvalue weighted by Gasteiger charge is -2.26. The van der Waals surface area contributed by atoms with Crippen molar-refractivity contribution in [3.05, 3.63) is 23.7 Å². The Morgan fingerprint density at radius 3 is 2.79 bits per heavy atom. The first-order valence-electron chi connectivity index (χ1n) is 11.2. The fraction of sp³-hybridized carbons (Fsp3) is 0.565. The first-order chi connectivity index (χ1) is 15.8. The Kier molecular flexibility index (Phi) is 4.81. The van der Waals surface area contributed by atoms with Crippen molar-refractivity contribution in [2.45, 2.75) is 62.8 Å². The molecule has 8 nitrogen and oxygen atoms in total. The number of aliphatic hydroxyl groups excluding tert-OH is 1. The molecular formula is C23H27N5O3S2. The number of aromatic nitrogens is 4. The Bertz CT molecular complexity index is 1260. The smallest absolute Gasteiger partial charge is 0.189 e. The van der Waals surface area contributed by atoms with E-state index in [2.05, 4.69) is 10.3 Å². The summed E-state index contributed by atoms with van der Waals surface area (Å²) >= 11 is 3.15. The third-order valence-electron chi connectivity index (χ3n) is 7.16. The number of pyridine rings is 1. The molecule has 0 amide bonds. The van der Waals surface area contributed by atoms with Crippen LogP contribution in [0, 0.1) is 25.7 Å². The van der Waals surface area contributed by atoms with Gasteiger partial charge in [-0.05, 0) is 46.4 Å². The zero-order valence-corrected chi connectivity index (χ0v) is 20.9. The van der Waals surface area contributed by atoms with Gasteiger partial charge in [0.2, 0.25) is 0 Å². The summed E-state index contributed by atoms with van der Waals surface area (Å²) in [6.45, 7) is 8.01. The van der Waals surface area contributed by atoms with Gasteiger partial charge < -0.3 is 19.9 Å². The summed E-state index contributed by atoms with van der Waals surface area (Å²) in [5.74, 6) is 0.524. The van der Waals surface area contributed by atoms with E-state index in [9.17, 15) is 5.11 Å². The summed E-state index contributed by atoms with van der Waals surface area (Å²) in [6, 6.07) is 2.03. The van der Waals surface area contributed by atoms with Gasteiger partial charge in [0.1, 0.15) is 28.0 Å². The maximum absolute atomic E-state index is 9.90. The van der Waals surface area contributed by atoms with Gasteiger partial charge in [-0.1, -0.05) is 11.8 Å². The summed E-state index contributed by atoms with van der Waals surface area (Å²) in [7, 11) is 0. The Hall–Kier alpha value is -1.85. The average molecular weight is 486 g/mol. The number of rotatable bonds is 5. The summed E-state index contributed by atoms with van der Waals surface area (Å²) in [5, 5.41) is 15.2.